The van der Waals surface area contributed by atoms with Crippen LogP contribution >= 0.6 is 0 Å². The largest absolute Gasteiger partial charge is 0.497 e. The third-order valence-corrected chi connectivity index (χ3v) is 4.87. The lowest BCUT2D eigenvalue weighted by Gasteiger charge is -2.14. The summed E-state index contributed by atoms with van der Waals surface area (Å²) in [6, 6.07) is 8.49. The number of hydrogen-bond donors (Lipinski definition) is 0. The highest BCUT2D eigenvalue weighted by Gasteiger charge is 2.32. The molecule has 0 saturated heterocycles. The van der Waals surface area contributed by atoms with Gasteiger partial charge in [-0.3, -0.25) is 24.4 Å². The molecule has 0 spiro atoms. The highest BCUT2D eigenvalue weighted by Crippen LogP contribution is 2.37. The molecule has 0 aromatic heterocycles. The van der Waals surface area contributed by atoms with E-state index in [1.54, 1.807) is 0 Å². The lowest BCUT2D eigenvalue weighted by molar-refractivity contribution is -0.396. The molecule has 2 aromatic rings. The van der Waals surface area contributed by atoms with E-state index in [2.05, 4.69) is 0 Å². The van der Waals surface area contributed by atoms with Crippen molar-refractivity contribution in [3.8, 4) is 5.75 Å². The van der Waals surface area contributed by atoms with Crippen molar-refractivity contribution >= 4 is 21.5 Å². The van der Waals surface area contributed by atoms with Crippen molar-refractivity contribution in [2.24, 2.45) is 0 Å². The van der Waals surface area contributed by atoms with Crippen LogP contribution in [0.4, 0.5) is 11.4 Å². The number of methoxy groups -OCH3 is 1. The number of hydrogen-bond acceptors (Lipinski definition) is 8. The van der Waals surface area contributed by atoms with Gasteiger partial charge in [0.1, 0.15) is 17.4 Å². The molecule has 2 aromatic carbocycles. The predicted octanol–water partition coefficient (Wildman–Crippen LogP) is 2.98. The Labute approximate surface area is 148 Å². The molecule has 0 radical (unpaired) electrons. The number of ether oxygens (including phenoxy) is 1. The van der Waals surface area contributed by atoms with Gasteiger partial charge in [0.15, 0.2) is 0 Å². The van der Waals surface area contributed by atoms with E-state index in [-0.39, 0.29) is 4.90 Å². The molecule has 0 heterocycles. The first-order chi connectivity index (χ1) is 12.2. The number of nitro groups is 2. The average Bonchev–Trinajstić information content (AvgIpc) is 2.60. The van der Waals surface area contributed by atoms with Crippen molar-refractivity contribution in [1.82, 2.24) is 0 Å². The minimum atomic E-state index is -4.32. The van der Waals surface area contributed by atoms with Gasteiger partial charge >= 0.3 is 0 Å². The highest BCUT2D eigenvalue weighted by atomic mass is 32.2. The van der Waals surface area contributed by atoms with E-state index in [1.807, 2.05) is 0 Å². The van der Waals surface area contributed by atoms with Gasteiger partial charge in [0.05, 0.1) is 21.9 Å². The van der Waals surface area contributed by atoms with Gasteiger partial charge in [-0.15, -0.1) is 0 Å². The normalized spacial score (nSPS) is 12.4. The van der Waals surface area contributed by atoms with Crippen molar-refractivity contribution in [1.29, 1.82) is 0 Å². The van der Waals surface area contributed by atoms with E-state index in [9.17, 15) is 28.6 Å². The molecule has 138 valence electrons. The Bertz CT molecular complexity index is 908. The van der Waals surface area contributed by atoms with E-state index < -0.39 is 43.0 Å². The molecule has 26 heavy (non-hydrogen) atoms. The van der Waals surface area contributed by atoms with Gasteiger partial charge in [-0.25, -0.2) is 0 Å². The standard InChI is InChI=1S/C15H14N2O8S/c1-10(15-13(16(18)19)4-3-5-14(15)17(20)21)25-26(22,23)12-8-6-11(24-2)7-9-12/h3-10H,1-2H3. The van der Waals surface area contributed by atoms with Crippen LogP contribution in [0.3, 0.4) is 0 Å². The Morgan fingerprint density at radius 2 is 1.46 bits per heavy atom. The summed E-state index contributed by atoms with van der Waals surface area (Å²) < 4.78 is 34.7. The van der Waals surface area contributed by atoms with Crippen molar-refractivity contribution in [2.75, 3.05) is 7.11 Å². The van der Waals surface area contributed by atoms with Crippen LogP contribution in [0.1, 0.15) is 18.6 Å². The molecule has 1 unspecified atom stereocenters. The Balaban J connectivity index is 2.44. The maximum absolute atomic E-state index is 12.4. The first-order valence-corrected chi connectivity index (χ1v) is 8.57. The molecule has 0 saturated carbocycles. The van der Waals surface area contributed by atoms with E-state index in [0.717, 1.165) is 18.2 Å². The molecule has 11 heteroatoms. The van der Waals surface area contributed by atoms with Crippen LogP contribution in [0, 0.1) is 20.2 Å². The lowest BCUT2D eigenvalue weighted by Crippen LogP contribution is -2.13. The first-order valence-electron chi connectivity index (χ1n) is 7.16. The van der Waals surface area contributed by atoms with Gasteiger partial charge in [-0.05, 0) is 37.3 Å². The maximum Gasteiger partial charge on any atom is 0.297 e. The number of nitro benzene ring substituents is 2. The molecule has 10 nitrogen and oxygen atoms in total. The molecule has 0 fully saturated rings. The molecule has 0 aliphatic carbocycles. The fourth-order valence-electron chi connectivity index (χ4n) is 2.31. The maximum atomic E-state index is 12.4. The summed E-state index contributed by atoms with van der Waals surface area (Å²) in [5.41, 5.74) is -1.63. The van der Waals surface area contributed by atoms with Gasteiger partial charge in [-0.2, -0.15) is 8.42 Å². The zero-order valence-corrected chi connectivity index (χ0v) is 14.5. The summed E-state index contributed by atoms with van der Waals surface area (Å²) in [5.74, 6) is 0.423. The molecule has 0 N–H and O–H groups in total. The average molecular weight is 382 g/mol. The fourth-order valence-corrected chi connectivity index (χ4v) is 3.37. The fraction of sp³-hybridized carbons (Fsp3) is 0.200. The molecule has 0 aliphatic heterocycles. The Kier molecular flexibility index (Phi) is 5.53. The van der Waals surface area contributed by atoms with Crippen molar-refractivity contribution < 1.29 is 27.2 Å². The van der Waals surface area contributed by atoms with E-state index >= 15 is 0 Å². The van der Waals surface area contributed by atoms with Gasteiger partial charge in [-0.1, -0.05) is 0 Å². The smallest absolute Gasteiger partial charge is 0.297 e. The summed E-state index contributed by atoms with van der Waals surface area (Å²) in [6.45, 7) is 1.19. The second-order valence-electron chi connectivity index (χ2n) is 5.09. The Morgan fingerprint density at radius 3 is 1.88 bits per heavy atom. The van der Waals surface area contributed by atoms with Crippen LogP contribution in [-0.2, 0) is 14.3 Å². The SMILES string of the molecule is COc1ccc(S(=O)(=O)OC(C)c2c([N+](=O)[O-])cccc2[N+](=O)[O-])cc1. The molecule has 0 bridgehead atoms. The second kappa shape index (κ2) is 7.45. The molecule has 1 atom stereocenters. The zero-order chi connectivity index (χ0) is 19.5. The quantitative estimate of drug-likeness (QED) is 0.404. The lowest BCUT2D eigenvalue weighted by atomic mass is 10.1. The summed E-state index contributed by atoms with van der Waals surface area (Å²) in [6.07, 6.45) is -1.45. The summed E-state index contributed by atoms with van der Waals surface area (Å²) in [5, 5.41) is 22.3. The van der Waals surface area contributed by atoms with Gasteiger partial charge in [0.25, 0.3) is 21.5 Å². The van der Waals surface area contributed by atoms with Crippen LogP contribution in [-0.4, -0.2) is 25.4 Å². The topological polar surface area (TPSA) is 139 Å². The van der Waals surface area contributed by atoms with Crippen LogP contribution in [0.5, 0.6) is 5.75 Å². The molecule has 2 rings (SSSR count). The Hall–Kier alpha value is -3.05. The summed E-state index contributed by atoms with van der Waals surface area (Å²) in [4.78, 5) is 20.5. The van der Waals surface area contributed by atoms with Crippen LogP contribution < -0.4 is 4.74 Å². The van der Waals surface area contributed by atoms with E-state index in [4.69, 9.17) is 8.92 Å². The summed E-state index contributed by atoms with van der Waals surface area (Å²) in [7, 11) is -2.91. The highest BCUT2D eigenvalue weighted by molar-refractivity contribution is 7.86. The zero-order valence-electron chi connectivity index (χ0n) is 13.7. The molecular formula is C15H14N2O8S. The predicted molar refractivity (Wildman–Crippen MR) is 89.4 cm³/mol. The number of rotatable bonds is 7. The minimum Gasteiger partial charge on any atom is -0.497 e. The van der Waals surface area contributed by atoms with Crippen LogP contribution in [0.2, 0.25) is 0 Å². The van der Waals surface area contributed by atoms with E-state index in [0.29, 0.717) is 5.75 Å². The van der Waals surface area contributed by atoms with Crippen molar-refractivity contribution in [3.63, 3.8) is 0 Å². The third-order valence-electron chi connectivity index (χ3n) is 3.48. The first kappa shape index (κ1) is 19.3. The molecule has 0 aliphatic rings. The van der Waals surface area contributed by atoms with Crippen molar-refractivity contribution in [2.45, 2.75) is 17.9 Å². The van der Waals surface area contributed by atoms with Crippen LogP contribution in [0.15, 0.2) is 47.4 Å². The van der Waals surface area contributed by atoms with E-state index in [1.165, 1.54) is 38.3 Å². The molecular weight excluding hydrogens is 368 g/mol. The van der Waals surface area contributed by atoms with Gasteiger partial charge in [0, 0.05) is 12.1 Å². The minimum absolute atomic E-state index is 0.216. The monoisotopic (exact) mass is 382 g/mol. The number of benzene rings is 2. The Morgan fingerprint density at radius 1 is 0.962 bits per heavy atom. The number of nitrogens with zero attached hydrogens (tertiary/aromatic N) is 2. The van der Waals surface area contributed by atoms with Crippen LogP contribution in [0.25, 0.3) is 0 Å². The second-order valence-corrected chi connectivity index (χ2v) is 6.66. The van der Waals surface area contributed by atoms with Crippen molar-refractivity contribution in [3.05, 3.63) is 68.3 Å². The third kappa shape index (κ3) is 3.95. The molecule has 0 amide bonds. The van der Waals surface area contributed by atoms with Gasteiger partial charge in [0.2, 0.25) is 0 Å². The van der Waals surface area contributed by atoms with Gasteiger partial charge < -0.3 is 4.74 Å². The summed E-state index contributed by atoms with van der Waals surface area (Å²) >= 11 is 0.